The summed E-state index contributed by atoms with van der Waals surface area (Å²) in [7, 11) is -9.26. The summed E-state index contributed by atoms with van der Waals surface area (Å²) < 4.78 is 74.7. The molecule has 2 aromatic rings. The second-order valence-electron chi connectivity index (χ2n) is 14.6. The Labute approximate surface area is 270 Å². The summed E-state index contributed by atoms with van der Waals surface area (Å²) >= 11 is 0. The largest absolute Gasteiger partial charge is 0.392 e. The number of ether oxygens (including phenoxy) is 1. The van der Waals surface area contributed by atoms with Crippen molar-refractivity contribution in [3.63, 3.8) is 0 Å². The van der Waals surface area contributed by atoms with Crippen molar-refractivity contribution >= 4 is 26.0 Å². The Balaban J connectivity index is 1.48. The number of aliphatic hydroxyl groups excluding tert-OH is 2. The highest BCUT2D eigenvalue weighted by atomic mass is 32.2. The van der Waals surface area contributed by atoms with Crippen LogP contribution in [0.4, 0.5) is 0 Å². The van der Waals surface area contributed by atoms with Crippen LogP contribution in [-0.4, -0.2) is 63.5 Å². The molecule has 8 rings (SSSR count). The van der Waals surface area contributed by atoms with Gasteiger partial charge in [0.15, 0.2) is 5.78 Å². The van der Waals surface area contributed by atoms with Crippen LogP contribution in [0.1, 0.15) is 50.7 Å². The number of carbonyl (C=O) groups excluding carboxylic acids is 1. The normalized spacial score (nSPS) is 39.6. The molecule has 6 fully saturated rings. The fourth-order valence-electron chi connectivity index (χ4n) is 9.94. The summed E-state index contributed by atoms with van der Waals surface area (Å²) in [6.45, 7) is 11.4. The van der Waals surface area contributed by atoms with E-state index in [9.17, 15) is 31.8 Å². The van der Waals surface area contributed by atoms with Crippen LogP contribution < -0.4 is 0 Å². The first-order valence-corrected chi connectivity index (χ1v) is 18.5. The third-order valence-corrected chi connectivity index (χ3v) is 14.5. The maximum absolute atomic E-state index is 14.8. The predicted molar refractivity (Wildman–Crippen MR) is 165 cm³/mol. The molecule has 10 nitrogen and oxygen atoms in total. The van der Waals surface area contributed by atoms with E-state index in [4.69, 9.17) is 13.1 Å². The van der Waals surface area contributed by atoms with Crippen LogP contribution in [-0.2, 0) is 38.1 Å². The molecule has 4 saturated carbocycles. The van der Waals surface area contributed by atoms with E-state index in [1.807, 2.05) is 20.8 Å². The van der Waals surface area contributed by atoms with Gasteiger partial charge in [0.25, 0.3) is 20.2 Å². The number of Topliss-reactive ketones (excluding diaryl/α,β-unsaturated/α-hetero) is 1. The van der Waals surface area contributed by atoms with Gasteiger partial charge >= 0.3 is 0 Å². The molecule has 2 aromatic carbocycles. The Hall–Kier alpha value is -2.45. The van der Waals surface area contributed by atoms with Gasteiger partial charge < -0.3 is 14.9 Å². The molecule has 6 aliphatic rings. The Morgan fingerprint density at radius 3 is 2.02 bits per heavy atom. The van der Waals surface area contributed by atoms with E-state index in [1.165, 1.54) is 24.3 Å². The quantitative estimate of drug-likeness (QED) is 0.342. The molecule has 248 valence electrons. The van der Waals surface area contributed by atoms with E-state index in [1.54, 1.807) is 31.2 Å². The minimum absolute atomic E-state index is 0.0585. The van der Waals surface area contributed by atoms with Gasteiger partial charge in [-0.25, -0.2) is 4.18 Å². The van der Waals surface area contributed by atoms with Gasteiger partial charge in [-0.05, 0) is 80.7 Å². The molecule has 4 aliphatic carbocycles. The fourth-order valence-corrected chi connectivity index (χ4v) is 12.3. The van der Waals surface area contributed by atoms with Crippen molar-refractivity contribution in [3.8, 4) is 0 Å². The summed E-state index contributed by atoms with van der Waals surface area (Å²) in [5, 5.41) is 24.4. The Morgan fingerprint density at radius 1 is 0.870 bits per heavy atom. The van der Waals surface area contributed by atoms with E-state index >= 15 is 0 Å². The minimum atomic E-state index is -4.73. The predicted octanol–water partition coefficient (Wildman–Crippen LogP) is 3.82. The lowest BCUT2D eigenvalue weighted by Crippen LogP contribution is -2.86. The van der Waals surface area contributed by atoms with Crippen molar-refractivity contribution in [1.82, 2.24) is 0 Å². The van der Waals surface area contributed by atoms with E-state index in [-0.39, 0.29) is 22.0 Å². The summed E-state index contributed by atoms with van der Waals surface area (Å²) in [5.74, 6) is -5.69. The molecule has 0 aromatic heterocycles. The molecular formula is C34H40O10S2. The van der Waals surface area contributed by atoms with Gasteiger partial charge in [-0.2, -0.15) is 16.8 Å². The van der Waals surface area contributed by atoms with Crippen molar-refractivity contribution in [3.05, 3.63) is 71.8 Å². The SMILES string of the molecule is C=C1C(=O)C23C(CC[C@@H]1[C@H]2OS(=O)(=O)c1ccc(C)cc1)[C@@]12CO[C@@]3(OS(=O)(=O)c3ccc(C)cc3)[C@@H](O)[C@@H]1C(C)(C)CC[C@@H]2O. The monoisotopic (exact) mass is 672 g/mol. The number of hydrogen-bond donors (Lipinski definition) is 2. The first kappa shape index (κ1) is 32.1. The number of carbonyl (C=O) groups is 1. The molecule has 0 amide bonds. The van der Waals surface area contributed by atoms with Crippen LogP contribution >= 0.6 is 0 Å². The molecule has 9 atom stereocenters. The number of ketones is 1. The van der Waals surface area contributed by atoms with Crippen LogP contribution in [0.3, 0.4) is 0 Å². The van der Waals surface area contributed by atoms with Gasteiger partial charge in [0, 0.05) is 17.3 Å². The number of aliphatic hydroxyl groups is 2. The van der Waals surface area contributed by atoms with Crippen LogP contribution in [0.15, 0.2) is 70.5 Å². The van der Waals surface area contributed by atoms with E-state index in [0.717, 1.165) is 11.1 Å². The number of fused-ring (bicyclic) bond motifs is 2. The Morgan fingerprint density at radius 2 is 1.43 bits per heavy atom. The standard InChI is InChI=1S/C34H40O10S2/c1-19-6-10-22(11-7-19)45(38,39)43-30-24-14-15-25-32-18-42-34(33(25,30)28(36)21(24)3,29(37)27(32)31(4,5)17-16-26(32)35)44-46(40,41)23-12-8-20(2)9-13-23/h6-13,24-27,29-30,35,37H,3,14-18H2,1-2,4-5H3/t24-,25?,26-,27+,29-,30+,32+,33?,34+/m0/s1. The van der Waals surface area contributed by atoms with E-state index in [0.29, 0.717) is 25.7 Å². The first-order chi connectivity index (χ1) is 21.5. The van der Waals surface area contributed by atoms with Gasteiger partial charge in [-0.1, -0.05) is 55.8 Å². The average molecular weight is 673 g/mol. The third kappa shape index (κ3) is 3.95. The highest BCUT2D eigenvalue weighted by molar-refractivity contribution is 7.87. The van der Waals surface area contributed by atoms with E-state index < -0.39 is 84.1 Å². The highest BCUT2D eigenvalue weighted by Gasteiger charge is 2.89. The van der Waals surface area contributed by atoms with Gasteiger partial charge in [0.1, 0.15) is 17.6 Å². The third-order valence-electron chi connectivity index (χ3n) is 11.9. The topological polar surface area (TPSA) is 153 Å². The van der Waals surface area contributed by atoms with Crippen LogP contribution in [0.5, 0.6) is 0 Å². The minimum Gasteiger partial charge on any atom is -0.392 e. The second-order valence-corrected chi connectivity index (χ2v) is 17.7. The summed E-state index contributed by atoms with van der Waals surface area (Å²) in [6.07, 6.45) is -2.81. The van der Waals surface area contributed by atoms with Gasteiger partial charge in [0.05, 0.1) is 22.5 Å². The lowest BCUT2D eigenvalue weighted by Gasteiger charge is -2.75. The molecule has 2 saturated heterocycles. The Bertz CT molecular complexity index is 1830. The molecule has 2 unspecified atom stereocenters. The van der Waals surface area contributed by atoms with Crippen molar-refractivity contribution in [2.45, 2.75) is 87.3 Å². The molecule has 4 bridgehead atoms. The van der Waals surface area contributed by atoms with Crippen LogP contribution in [0.2, 0.25) is 0 Å². The number of benzene rings is 2. The average Bonchev–Trinajstić information content (AvgIpc) is 3.09. The maximum Gasteiger partial charge on any atom is 0.299 e. The molecule has 0 radical (unpaired) electrons. The molecule has 2 spiro atoms. The zero-order chi connectivity index (χ0) is 33.2. The Kier molecular flexibility index (Phi) is 7.01. The van der Waals surface area contributed by atoms with Crippen LogP contribution in [0, 0.1) is 47.8 Å². The zero-order valence-electron chi connectivity index (χ0n) is 26.3. The number of rotatable bonds is 6. The summed E-state index contributed by atoms with van der Waals surface area (Å²) in [4.78, 5) is 14.5. The van der Waals surface area contributed by atoms with Gasteiger partial charge in [-0.3, -0.25) is 8.98 Å². The van der Waals surface area contributed by atoms with E-state index in [2.05, 4.69) is 6.58 Å². The van der Waals surface area contributed by atoms with Gasteiger partial charge in [-0.15, -0.1) is 0 Å². The first-order valence-electron chi connectivity index (χ1n) is 15.7. The molecule has 2 aliphatic heterocycles. The summed E-state index contributed by atoms with van der Waals surface area (Å²) in [5.41, 5.74) is -2.33. The lowest BCUT2D eigenvalue weighted by atomic mass is 9.35. The smallest absolute Gasteiger partial charge is 0.299 e. The number of hydrogen-bond acceptors (Lipinski definition) is 10. The molecule has 2 heterocycles. The fraction of sp³-hybridized carbons (Fsp3) is 0.559. The number of aryl methyl sites for hydroxylation is 2. The highest BCUT2D eigenvalue weighted by Crippen LogP contribution is 2.78. The zero-order valence-corrected chi connectivity index (χ0v) is 27.9. The van der Waals surface area contributed by atoms with Gasteiger partial charge in [0.2, 0.25) is 5.79 Å². The van der Waals surface area contributed by atoms with Crippen molar-refractivity contribution in [2.75, 3.05) is 6.61 Å². The molecule has 46 heavy (non-hydrogen) atoms. The van der Waals surface area contributed by atoms with Crippen molar-refractivity contribution in [1.29, 1.82) is 0 Å². The second kappa shape index (κ2) is 10.0. The maximum atomic E-state index is 14.8. The molecular weight excluding hydrogens is 632 g/mol. The lowest BCUT2D eigenvalue weighted by molar-refractivity contribution is -0.447. The summed E-state index contributed by atoms with van der Waals surface area (Å²) in [6, 6.07) is 12.0. The van der Waals surface area contributed by atoms with Crippen molar-refractivity contribution < 1.29 is 44.9 Å². The van der Waals surface area contributed by atoms with Crippen molar-refractivity contribution in [2.24, 2.45) is 34.0 Å². The van der Waals surface area contributed by atoms with Crippen LogP contribution in [0.25, 0.3) is 0 Å². The molecule has 12 heteroatoms. The molecule has 2 N–H and O–H groups in total.